The van der Waals surface area contributed by atoms with Crippen LogP contribution in [0.4, 0.5) is 5.69 Å². The van der Waals surface area contributed by atoms with Crippen LogP contribution in [0.1, 0.15) is 37.0 Å². The molecule has 0 saturated carbocycles. The molecule has 0 aromatic rings. The van der Waals surface area contributed by atoms with Gasteiger partial charge in [-0.05, 0) is 26.7 Å². The number of anilines is 1. The quantitative estimate of drug-likeness (QED) is 0.812. The molecule has 1 heterocycles. The molecule has 0 bridgehead atoms. The average Bonchev–Trinajstić information content (AvgIpc) is 2.79. The molecule has 1 fully saturated rings. The topological polar surface area (TPSA) is 76.1 Å². The fourth-order valence-corrected chi connectivity index (χ4v) is 3.71. The maximum Gasteiger partial charge on any atom is 0.342 e. The van der Waals surface area contributed by atoms with Crippen LogP contribution in [0.2, 0.25) is 0 Å². The van der Waals surface area contributed by atoms with Crippen molar-refractivity contribution >= 4 is 17.6 Å². The van der Waals surface area contributed by atoms with Crippen molar-refractivity contribution in [3.63, 3.8) is 0 Å². The number of piperidine rings is 1. The van der Waals surface area contributed by atoms with Gasteiger partial charge in [-0.3, -0.25) is 4.79 Å². The van der Waals surface area contributed by atoms with E-state index in [1.807, 2.05) is 29.2 Å². The largest absolute Gasteiger partial charge is 0.505 e. The molecule has 1 N–H and O–H groups in total. The third-order valence-corrected chi connectivity index (χ3v) is 4.86. The first-order valence-corrected chi connectivity index (χ1v) is 9.40. The second kappa shape index (κ2) is 8.29. The van der Waals surface area contributed by atoms with E-state index in [0.29, 0.717) is 30.9 Å². The van der Waals surface area contributed by atoms with Gasteiger partial charge in [0.2, 0.25) is 0 Å². The van der Waals surface area contributed by atoms with Crippen LogP contribution in [0.5, 0.6) is 5.75 Å². The van der Waals surface area contributed by atoms with E-state index >= 15 is 0 Å². The van der Waals surface area contributed by atoms with Gasteiger partial charge < -0.3 is 19.5 Å². The average molecular weight is 371 g/mol. The smallest absolute Gasteiger partial charge is 0.342 e. The third-order valence-electron chi connectivity index (χ3n) is 4.86. The summed E-state index contributed by atoms with van der Waals surface area (Å²) >= 11 is 0. The van der Waals surface area contributed by atoms with Gasteiger partial charge in [-0.15, -0.1) is 0 Å². The van der Waals surface area contributed by atoms with Gasteiger partial charge in [0.05, 0.1) is 24.8 Å². The van der Waals surface area contributed by atoms with Crippen LogP contribution in [0, 0.1) is 5.92 Å². The second-order valence-electron chi connectivity index (χ2n) is 6.57. The van der Waals surface area contributed by atoms with Gasteiger partial charge in [-0.2, -0.15) is 0 Å². The van der Waals surface area contributed by atoms with Crippen molar-refractivity contribution in [3.8, 4) is 16.9 Å². The van der Waals surface area contributed by atoms with Crippen molar-refractivity contribution in [2.75, 3.05) is 31.2 Å². The summed E-state index contributed by atoms with van der Waals surface area (Å²) in [7, 11) is 0. The molecule has 1 atom stereocenters. The normalized spacial score (nSPS) is 17.0. The Labute approximate surface area is 159 Å². The number of ether oxygens (including phenoxy) is 2. The summed E-state index contributed by atoms with van der Waals surface area (Å²) in [5, 5.41) is 10.9. The molecule has 6 nitrogen and oxygen atoms in total. The van der Waals surface area contributed by atoms with Gasteiger partial charge in [0.15, 0.2) is 5.75 Å². The van der Waals surface area contributed by atoms with Crippen LogP contribution in [-0.4, -0.2) is 43.3 Å². The Hall–Kier alpha value is -2.76. The molecule has 0 radical (unpaired) electrons. The first kappa shape index (κ1) is 19.0. The number of hydrogen-bond donors (Lipinski definition) is 1. The molecule has 6 heteroatoms. The van der Waals surface area contributed by atoms with Crippen molar-refractivity contribution in [1.29, 1.82) is 0 Å². The Morgan fingerprint density at radius 3 is 2.52 bits per heavy atom. The van der Waals surface area contributed by atoms with E-state index in [1.165, 1.54) is 0 Å². The maximum absolute atomic E-state index is 12.5. The minimum absolute atomic E-state index is 0.0841. The number of carbonyl (C=O) groups excluding carboxylic acids is 2. The molecule has 1 saturated heterocycles. The molecule has 27 heavy (non-hydrogen) atoms. The molecule has 3 aliphatic rings. The second-order valence-corrected chi connectivity index (χ2v) is 6.57. The van der Waals surface area contributed by atoms with E-state index in [9.17, 15) is 14.7 Å². The Morgan fingerprint density at radius 2 is 1.81 bits per heavy atom. The number of nitrogens with zero attached hydrogens (tertiary/aromatic N) is 1. The molecule has 0 aromatic heterocycles. The number of esters is 2. The number of hydrogen-bond acceptors (Lipinski definition) is 6. The highest BCUT2D eigenvalue weighted by molar-refractivity contribution is 6.08. The zero-order valence-corrected chi connectivity index (χ0v) is 15.7. The molecule has 3 rings (SSSR count). The Bertz CT molecular complexity index is 803. The van der Waals surface area contributed by atoms with Crippen LogP contribution in [0.15, 0.2) is 30.3 Å². The van der Waals surface area contributed by atoms with Crippen molar-refractivity contribution in [2.24, 2.45) is 5.92 Å². The summed E-state index contributed by atoms with van der Waals surface area (Å²) in [5.74, 6) is -1.09. The predicted octanol–water partition coefficient (Wildman–Crippen LogP) is 3.45. The minimum atomic E-state index is -0.545. The number of aromatic hydroxyl groups is 1. The van der Waals surface area contributed by atoms with Crippen LogP contribution in [-0.2, 0) is 14.3 Å². The zero-order valence-electron chi connectivity index (χ0n) is 15.7. The van der Waals surface area contributed by atoms with E-state index in [-0.39, 0.29) is 29.8 Å². The molecule has 0 amide bonds. The SMILES string of the molecule is CCOC(=O)c1c2cccccc-2c(N2CCCC(C(=O)OCC)C2)c1O. The molecule has 1 aliphatic heterocycles. The van der Waals surface area contributed by atoms with Gasteiger partial charge in [0, 0.05) is 24.2 Å². The fourth-order valence-electron chi connectivity index (χ4n) is 3.71. The van der Waals surface area contributed by atoms with Crippen LogP contribution < -0.4 is 4.90 Å². The monoisotopic (exact) mass is 371 g/mol. The van der Waals surface area contributed by atoms with Crippen molar-refractivity contribution in [1.82, 2.24) is 0 Å². The predicted molar refractivity (Wildman–Crippen MR) is 102 cm³/mol. The highest BCUT2D eigenvalue weighted by atomic mass is 16.5. The summed E-state index contributed by atoms with van der Waals surface area (Å²) in [6.45, 7) is 5.25. The molecular formula is C21H25NO5. The van der Waals surface area contributed by atoms with E-state index in [4.69, 9.17) is 9.47 Å². The van der Waals surface area contributed by atoms with Gasteiger partial charge in [0.25, 0.3) is 0 Å². The van der Waals surface area contributed by atoms with E-state index < -0.39 is 5.97 Å². The Balaban J connectivity index is 2.03. The molecule has 144 valence electrons. The Kier molecular flexibility index (Phi) is 5.84. The first-order chi connectivity index (χ1) is 13.1. The van der Waals surface area contributed by atoms with Crippen LogP contribution in [0.3, 0.4) is 0 Å². The van der Waals surface area contributed by atoms with E-state index in [1.54, 1.807) is 19.9 Å². The zero-order chi connectivity index (χ0) is 19.4. The van der Waals surface area contributed by atoms with E-state index in [0.717, 1.165) is 18.4 Å². The molecule has 2 aliphatic carbocycles. The lowest BCUT2D eigenvalue weighted by molar-refractivity contribution is -0.148. The summed E-state index contributed by atoms with van der Waals surface area (Å²) < 4.78 is 10.3. The fraction of sp³-hybridized carbons (Fsp3) is 0.429. The molecular weight excluding hydrogens is 346 g/mol. The van der Waals surface area contributed by atoms with E-state index in [2.05, 4.69) is 0 Å². The highest BCUT2D eigenvalue weighted by Crippen LogP contribution is 2.48. The summed E-state index contributed by atoms with van der Waals surface area (Å²) in [6, 6.07) is 9.24. The standard InChI is InChI=1S/C21H25NO5/c1-3-26-20(24)14-9-8-12-22(13-14)18-16-11-7-5-6-10-15(16)17(19(18)23)21(25)27-4-2/h5-7,10-11,14,23H,3-4,8-9,12-13H2,1-2H3. The van der Waals surface area contributed by atoms with Gasteiger partial charge in [0.1, 0.15) is 5.56 Å². The van der Waals surface area contributed by atoms with Crippen LogP contribution in [0.25, 0.3) is 11.1 Å². The van der Waals surface area contributed by atoms with Crippen molar-refractivity contribution in [3.05, 3.63) is 35.9 Å². The first-order valence-electron chi connectivity index (χ1n) is 9.40. The number of carbonyl (C=O) groups is 2. The molecule has 0 spiro atoms. The van der Waals surface area contributed by atoms with Crippen molar-refractivity contribution in [2.45, 2.75) is 26.7 Å². The summed E-state index contributed by atoms with van der Waals surface area (Å²) in [5.41, 5.74) is 2.17. The lowest BCUT2D eigenvalue weighted by atomic mass is 9.97. The lowest BCUT2D eigenvalue weighted by Gasteiger charge is -2.33. The molecule has 0 aromatic carbocycles. The summed E-state index contributed by atoms with van der Waals surface area (Å²) in [4.78, 5) is 26.6. The summed E-state index contributed by atoms with van der Waals surface area (Å²) in [6.07, 6.45) is 1.57. The highest BCUT2D eigenvalue weighted by Gasteiger charge is 2.34. The Morgan fingerprint density at radius 1 is 1.11 bits per heavy atom. The van der Waals surface area contributed by atoms with Gasteiger partial charge in [-0.1, -0.05) is 30.3 Å². The van der Waals surface area contributed by atoms with Gasteiger partial charge >= 0.3 is 11.9 Å². The van der Waals surface area contributed by atoms with Gasteiger partial charge in [-0.25, -0.2) is 4.79 Å². The number of fused-ring (bicyclic) bond motifs is 1. The van der Waals surface area contributed by atoms with Crippen molar-refractivity contribution < 1.29 is 24.2 Å². The lowest BCUT2D eigenvalue weighted by Crippen LogP contribution is -2.39. The minimum Gasteiger partial charge on any atom is -0.505 e. The molecule has 1 unspecified atom stereocenters. The third kappa shape index (κ3) is 3.70. The number of rotatable bonds is 5. The van der Waals surface area contributed by atoms with Crippen LogP contribution >= 0.6 is 0 Å². The maximum atomic E-state index is 12.5.